The highest BCUT2D eigenvalue weighted by Gasteiger charge is 2.06. The number of hydrogen-bond acceptors (Lipinski definition) is 4. The molecule has 0 saturated heterocycles. The molecule has 0 aliphatic heterocycles. The van der Waals surface area contributed by atoms with Crippen LogP contribution in [0.2, 0.25) is 0 Å². The van der Waals surface area contributed by atoms with Crippen LogP contribution in [0.1, 0.15) is 16.1 Å². The molecule has 7 heteroatoms. The third-order valence-electron chi connectivity index (χ3n) is 2.63. The number of rotatable bonds is 4. The topological polar surface area (TPSA) is 86.9 Å². The van der Waals surface area contributed by atoms with Gasteiger partial charge in [0.05, 0.1) is 11.8 Å². The van der Waals surface area contributed by atoms with Crippen molar-refractivity contribution in [3.63, 3.8) is 0 Å². The van der Waals surface area contributed by atoms with Gasteiger partial charge >= 0.3 is 5.97 Å². The van der Waals surface area contributed by atoms with Gasteiger partial charge in [-0.3, -0.25) is 5.43 Å². The molecule has 0 radical (unpaired) electrons. The summed E-state index contributed by atoms with van der Waals surface area (Å²) in [6.07, 6.45) is 1.50. The number of hydrogen-bond donors (Lipinski definition) is 3. The van der Waals surface area contributed by atoms with E-state index in [-0.39, 0.29) is 5.56 Å². The molecule has 2 rings (SSSR count). The highest BCUT2D eigenvalue weighted by molar-refractivity contribution is 7.80. The van der Waals surface area contributed by atoms with Crippen LogP contribution in [0.3, 0.4) is 0 Å². The van der Waals surface area contributed by atoms with Crippen molar-refractivity contribution in [2.75, 3.05) is 7.05 Å². The third kappa shape index (κ3) is 3.90. The number of benzene rings is 1. The van der Waals surface area contributed by atoms with Crippen LogP contribution < -0.4 is 10.7 Å². The average Bonchev–Trinajstić information content (AvgIpc) is 2.96. The largest absolute Gasteiger partial charge is 0.478 e. The van der Waals surface area contributed by atoms with Gasteiger partial charge in [-0.15, -0.1) is 0 Å². The molecule has 1 aromatic carbocycles. The number of carboxylic acid groups (broad SMARTS) is 1. The van der Waals surface area contributed by atoms with Gasteiger partial charge in [0.25, 0.3) is 0 Å². The van der Waals surface area contributed by atoms with E-state index in [9.17, 15) is 4.79 Å². The number of carbonyl (C=O) groups is 1. The SMILES string of the molecule is CNC(=S)NN=Cc1ccc(-c2ccc(C(=O)O)cc2)o1. The lowest BCUT2D eigenvalue weighted by molar-refractivity contribution is 0.0697. The van der Waals surface area contributed by atoms with E-state index in [1.165, 1.54) is 18.3 Å². The van der Waals surface area contributed by atoms with Gasteiger partial charge in [-0.05, 0) is 36.5 Å². The fourth-order valence-electron chi connectivity index (χ4n) is 1.56. The first-order chi connectivity index (χ1) is 10.1. The summed E-state index contributed by atoms with van der Waals surface area (Å²) >= 11 is 4.87. The number of nitrogens with one attached hydrogen (secondary N) is 2. The highest BCUT2D eigenvalue weighted by Crippen LogP contribution is 2.21. The summed E-state index contributed by atoms with van der Waals surface area (Å²) in [6.45, 7) is 0. The summed E-state index contributed by atoms with van der Waals surface area (Å²) in [7, 11) is 1.69. The third-order valence-corrected chi connectivity index (χ3v) is 2.92. The second-order valence-electron chi connectivity index (χ2n) is 4.03. The van der Waals surface area contributed by atoms with Gasteiger partial charge in [-0.2, -0.15) is 5.10 Å². The van der Waals surface area contributed by atoms with Gasteiger partial charge in [0.2, 0.25) is 0 Å². The van der Waals surface area contributed by atoms with Crippen LogP contribution in [0, 0.1) is 0 Å². The lowest BCUT2D eigenvalue weighted by atomic mass is 10.1. The Morgan fingerprint density at radius 2 is 2.00 bits per heavy atom. The van der Waals surface area contributed by atoms with E-state index in [0.717, 1.165) is 5.56 Å². The minimum absolute atomic E-state index is 0.233. The van der Waals surface area contributed by atoms with Crippen molar-refractivity contribution in [2.45, 2.75) is 0 Å². The predicted octanol–water partition coefficient (Wildman–Crippen LogP) is 2.07. The number of carboxylic acids is 1. The number of aromatic carboxylic acids is 1. The second-order valence-corrected chi connectivity index (χ2v) is 4.44. The molecule has 0 atom stereocenters. The molecule has 6 nitrogen and oxygen atoms in total. The summed E-state index contributed by atoms with van der Waals surface area (Å²) in [5.41, 5.74) is 3.64. The Hall–Kier alpha value is -2.67. The summed E-state index contributed by atoms with van der Waals surface area (Å²) in [6, 6.07) is 9.98. The fraction of sp³-hybridized carbons (Fsp3) is 0.0714. The van der Waals surface area contributed by atoms with Crippen molar-refractivity contribution in [1.29, 1.82) is 0 Å². The lowest BCUT2D eigenvalue weighted by Gasteiger charge is -1.99. The molecule has 0 unspecified atom stereocenters. The summed E-state index contributed by atoms with van der Waals surface area (Å²) in [5, 5.41) is 15.9. The molecule has 3 N–H and O–H groups in total. The van der Waals surface area contributed by atoms with Crippen LogP contribution in [0.15, 0.2) is 45.9 Å². The van der Waals surface area contributed by atoms with Crippen LogP contribution in [0.4, 0.5) is 0 Å². The highest BCUT2D eigenvalue weighted by atomic mass is 32.1. The van der Waals surface area contributed by atoms with Gasteiger partial charge in [-0.25, -0.2) is 4.79 Å². The van der Waals surface area contributed by atoms with Gasteiger partial charge in [0.15, 0.2) is 5.11 Å². The van der Waals surface area contributed by atoms with Crippen molar-refractivity contribution < 1.29 is 14.3 Å². The zero-order valence-electron chi connectivity index (χ0n) is 11.2. The fourth-order valence-corrected chi connectivity index (χ4v) is 1.62. The molecule has 108 valence electrons. The predicted molar refractivity (Wildman–Crippen MR) is 83.5 cm³/mol. The van der Waals surface area contributed by atoms with E-state index >= 15 is 0 Å². The molecule has 0 fully saturated rings. The molecule has 1 aromatic heterocycles. The Morgan fingerprint density at radius 3 is 2.62 bits per heavy atom. The molecule has 0 bridgehead atoms. The van der Waals surface area contributed by atoms with Crippen LogP contribution in [0.5, 0.6) is 0 Å². The first-order valence-electron chi connectivity index (χ1n) is 6.04. The van der Waals surface area contributed by atoms with Crippen molar-refractivity contribution >= 4 is 29.5 Å². The molecular formula is C14H13N3O3S. The zero-order valence-corrected chi connectivity index (χ0v) is 12.0. The molecule has 0 aliphatic rings. The Morgan fingerprint density at radius 1 is 1.29 bits per heavy atom. The monoisotopic (exact) mass is 303 g/mol. The van der Waals surface area contributed by atoms with Crippen molar-refractivity contribution in [1.82, 2.24) is 10.7 Å². The Balaban J connectivity index is 2.09. The van der Waals surface area contributed by atoms with E-state index in [0.29, 0.717) is 16.6 Å². The molecule has 21 heavy (non-hydrogen) atoms. The molecule has 0 aliphatic carbocycles. The van der Waals surface area contributed by atoms with E-state index in [2.05, 4.69) is 15.8 Å². The van der Waals surface area contributed by atoms with Gasteiger partial charge < -0.3 is 14.8 Å². The lowest BCUT2D eigenvalue weighted by Crippen LogP contribution is -2.28. The maximum absolute atomic E-state index is 10.8. The van der Waals surface area contributed by atoms with Crippen molar-refractivity contribution in [3.8, 4) is 11.3 Å². The van der Waals surface area contributed by atoms with Crippen LogP contribution >= 0.6 is 12.2 Å². The van der Waals surface area contributed by atoms with Gasteiger partial charge in [0, 0.05) is 12.6 Å². The zero-order chi connectivity index (χ0) is 15.2. The van der Waals surface area contributed by atoms with Gasteiger partial charge in [0.1, 0.15) is 11.5 Å². The summed E-state index contributed by atoms with van der Waals surface area (Å²) in [4.78, 5) is 10.8. The van der Waals surface area contributed by atoms with Crippen molar-refractivity contribution in [3.05, 3.63) is 47.7 Å². The van der Waals surface area contributed by atoms with E-state index in [1.54, 1.807) is 31.3 Å². The van der Waals surface area contributed by atoms with Crippen LogP contribution in [0.25, 0.3) is 11.3 Å². The molecule has 0 saturated carbocycles. The maximum Gasteiger partial charge on any atom is 0.335 e. The first kappa shape index (κ1) is 14.7. The molecule has 2 aromatic rings. The molecule has 1 heterocycles. The first-order valence-corrected chi connectivity index (χ1v) is 6.45. The maximum atomic E-state index is 10.8. The second kappa shape index (κ2) is 6.67. The van der Waals surface area contributed by atoms with Crippen molar-refractivity contribution in [2.24, 2.45) is 5.10 Å². The Kier molecular flexibility index (Phi) is 4.68. The number of hydrazone groups is 1. The normalized spacial score (nSPS) is 10.5. The Bertz CT molecular complexity index is 677. The molecule has 0 spiro atoms. The minimum Gasteiger partial charge on any atom is -0.478 e. The number of thiocarbonyl (C=S) groups is 1. The minimum atomic E-state index is -0.958. The van der Waals surface area contributed by atoms with E-state index < -0.39 is 5.97 Å². The average molecular weight is 303 g/mol. The quantitative estimate of drug-likeness (QED) is 0.455. The van der Waals surface area contributed by atoms with E-state index in [1.807, 2.05) is 0 Å². The van der Waals surface area contributed by atoms with Crippen LogP contribution in [-0.2, 0) is 0 Å². The summed E-state index contributed by atoms with van der Waals surface area (Å²) < 4.78 is 5.59. The standard InChI is InChI=1S/C14H13N3O3S/c1-15-14(21)17-16-8-11-6-7-12(20-11)9-2-4-10(5-3-9)13(18)19/h2-8H,1H3,(H,18,19)(H2,15,17,21). The number of furan rings is 1. The summed E-state index contributed by atoms with van der Waals surface area (Å²) in [5.74, 6) is 0.226. The Labute approximate surface area is 126 Å². The van der Waals surface area contributed by atoms with Crippen LogP contribution in [-0.4, -0.2) is 29.5 Å². The molecule has 0 amide bonds. The number of nitrogens with zero attached hydrogens (tertiary/aromatic N) is 1. The smallest absolute Gasteiger partial charge is 0.335 e. The van der Waals surface area contributed by atoms with E-state index in [4.69, 9.17) is 21.7 Å². The van der Waals surface area contributed by atoms with Gasteiger partial charge in [-0.1, -0.05) is 12.1 Å². The molecular weight excluding hydrogens is 290 g/mol.